The molecular formula is C24H20ClN3O4. The van der Waals surface area contributed by atoms with Crippen LogP contribution >= 0.6 is 11.6 Å². The Kier molecular flexibility index (Phi) is 7.36. The third-order valence-electron chi connectivity index (χ3n) is 4.46. The number of benzene rings is 3. The number of esters is 1. The molecule has 2 N–H and O–H groups in total. The summed E-state index contributed by atoms with van der Waals surface area (Å²) in [5, 5.41) is 6.82. The van der Waals surface area contributed by atoms with Crippen LogP contribution in [-0.2, 0) is 9.59 Å². The number of rotatable bonds is 5. The van der Waals surface area contributed by atoms with E-state index in [1.807, 2.05) is 32.0 Å². The SMILES string of the molecule is Cc1cccc(C)c1NC(=O)C(=O)NN=Cc1ccc(OC(=O)c2cccc(Cl)c2)cc1. The highest BCUT2D eigenvalue weighted by atomic mass is 35.5. The number of ether oxygens (including phenoxy) is 1. The summed E-state index contributed by atoms with van der Waals surface area (Å²) in [4.78, 5) is 36.2. The summed E-state index contributed by atoms with van der Waals surface area (Å²) >= 11 is 5.88. The van der Waals surface area contributed by atoms with E-state index in [4.69, 9.17) is 16.3 Å². The van der Waals surface area contributed by atoms with Crippen LogP contribution in [0.25, 0.3) is 0 Å². The van der Waals surface area contributed by atoms with Gasteiger partial charge < -0.3 is 10.1 Å². The highest BCUT2D eigenvalue weighted by Crippen LogP contribution is 2.19. The van der Waals surface area contributed by atoms with Crippen molar-refractivity contribution in [2.45, 2.75) is 13.8 Å². The summed E-state index contributed by atoms with van der Waals surface area (Å²) in [7, 11) is 0. The number of anilines is 1. The first-order valence-corrected chi connectivity index (χ1v) is 9.99. The Labute approximate surface area is 190 Å². The molecule has 3 aromatic carbocycles. The van der Waals surface area contributed by atoms with Crippen molar-refractivity contribution >= 4 is 41.3 Å². The van der Waals surface area contributed by atoms with Crippen molar-refractivity contribution in [1.82, 2.24) is 5.43 Å². The average Bonchev–Trinajstić information content (AvgIpc) is 2.77. The van der Waals surface area contributed by atoms with Crippen LogP contribution in [0, 0.1) is 13.8 Å². The summed E-state index contributed by atoms with van der Waals surface area (Å²) in [6.45, 7) is 3.68. The number of carbonyl (C=O) groups excluding carboxylic acids is 3. The summed E-state index contributed by atoms with van der Waals surface area (Å²) in [6.07, 6.45) is 1.37. The fraction of sp³-hybridized carbons (Fsp3) is 0.0833. The highest BCUT2D eigenvalue weighted by Gasteiger charge is 2.15. The molecule has 0 saturated heterocycles. The molecule has 0 aliphatic heterocycles. The van der Waals surface area contributed by atoms with E-state index >= 15 is 0 Å². The van der Waals surface area contributed by atoms with E-state index in [1.54, 1.807) is 42.5 Å². The quantitative estimate of drug-likeness (QED) is 0.200. The molecule has 32 heavy (non-hydrogen) atoms. The van der Waals surface area contributed by atoms with Crippen molar-refractivity contribution in [3.8, 4) is 5.75 Å². The normalized spacial score (nSPS) is 10.6. The maximum Gasteiger partial charge on any atom is 0.343 e. The van der Waals surface area contributed by atoms with Crippen molar-refractivity contribution in [3.05, 3.63) is 94.0 Å². The number of hydrazone groups is 1. The molecule has 0 atom stereocenters. The number of aryl methyl sites for hydroxylation is 2. The van der Waals surface area contributed by atoms with E-state index in [9.17, 15) is 14.4 Å². The number of hydrogen-bond acceptors (Lipinski definition) is 5. The predicted octanol–water partition coefficient (Wildman–Crippen LogP) is 4.26. The van der Waals surface area contributed by atoms with Crippen molar-refractivity contribution < 1.29 is 19.1 Å². The Morgan fingerprint density at radius 1 is 0.906 bits per heavy atom. The van der Waals surface area contributed by atoms with Crippen molar-refractivity contribution in [3.63, 3.8) is 0 Å². The second-order valence-corrected chi connectivity index (χ2v) is 7.33. The Hall–Kier alpha value is -3.97. The van der Waals surface area contributed by atoms with Gasteiger partial charge in [0.05, 0.1) is 11.8 Å². The number of carbonyl (C=O) groups is 3. The molecule has 3 aromatic rings. The van der Waals surface area contributed by atoms with Gasteiger partial charge in [0.1, 0.15) is 5.75 Å². The van der Waals surface area contributed by atoms with Crippen LogP contribution in [0.5, 0.6) is 5.75 Å². The van der Waals surface area contributed by atoms with Gasteiger partial charge in [-0.15, -0.1) is 0 Å². The Balaban J connectivity index is 1.53. The lowest BCUT2D eigenvalue weighted by atomic mass is 10.1. The lowest BCUT2D eigenvalue weighted by molar-refractivity contribution is -0.136. The molecule has 8 heteroatoms. The second-order valence-electron chi connectivity index (χ2n) is 6.89. The van der Waals surface area contributed by atoms with Gasteiger partial charge in [0.2, 0.25) is 0 Å². The summed E-state index contributed by atoms with van der Waals surface area (Å²) in [5.41, 5.74) is 5.45. The lowest BCUT2D eigenvalue weighted by Gasteiger charge is -2.10. The molecule has 0 spiro atoms. The van der Waals surface area contributed by atoms with E-state index in [2.05, 4.69) is 15.8 Å². The highest BCUT2D eigenvalue weighted by molar-refractivity contribution is 6.39. The number of hydrogen-bond donors (Lipinski definition) is 2. The molecule has 2 amide bonds. The first kappa shape index (κ1) is 22.7. The second kappa shape index (κ2) is 10.4. The molecule has 0 aliphatic rings. The molecular weight excluding hydrogens is 430 g/mol. The number of nitrogens with zero attached hydrogens (tertiary/aromatic N) is 1. The van der Waals surface area contributed by atoms with E-state index in [1.165, 1.54) is 12.3 Å². The van der Waals surface area contributed by atoms with Crippen LogP contribution in [0.1, 0.15) is 27.0 Å². The predicted molar refractivity (Wildman–Crippen MR) is 123 cm³/mol. The van der Waals surface area contributed by atoms with Crippen molar-refractivity contribution in [2.24, 2.45) is 5.10 Å². The first-order valence-electron chi connectivity index (χ1n) is 9.62. The number of para-hydroxylation sites is 1. The number of amides is 2. The van der Waals surface area contributed by atoms with Gasteiger partial charge in [0.25, 0.3) is 0 Å². The third kappa shape index (κ3) is 6.02. The van der Waals surface area contributed by atoms with E-state index in [0.29, 0.717) is 27.6 Å². The zero-order chi connectivity index (χ0) is 23.1. The maximum absolute atomic E-state index is 12.1. The fourth-order valence-corrected chi connectivity index (χ4v) is 2.99. The minimum atomic E-state index is -0.893. The van der Waals surface area contributed by atoms with E-state index in [-0.39, 0.29) is 0 Å². The minimum absolute atomic E-state index is 0.337. The summed E-state index contributed by atoms with van der Waals surface area (Å²) in [6, 6.07) is 18.5. The first-order chi connectivity index (χ1) is 15.3. The smallest absolute Gasteiger partial charge is 0.343 e. The van der Waals surface area contributed by atoms with Gasteiger partial charge in [-0.1, -0.05) is 35.9 Å². The zero-order valence-electron chi connectivity index (χ0n) is 17.4. The molecule has 0 radical (unpaired) electrons. The monoisotopic (exact) mass is 449 g/mol. The molecule has 0 aromatic heterocycles. The van der Waals surface area contributed by atoms with Gasteiger partial charge in [-0.2, -0.15) is 5.10 Å². The van der Waals surface area contributed by atoms with Crippen molar-refractivity contribution in [2.75, 3.05) is 5.32 Å². The van der Waals surface area contributed by atoms with Crippen LogP contribution < -0.4 is 15.5 Å². The Morgan fingerprint density at radius 3 is 2.22 bits per heavy atom. The van der Waals surface area contributed by atoms with Gasteiger partial charge in [-0.3, -0.25) is 9.59 Å². The van der Waals surface area contributed by atoms with Gasteiger partial charge in [0.15, 0.2) is 0 Å². The van der Waals surface area contributed by atoms with Crippen LogP contribution in [0.2, 0.25) is 5.02 Å². The van der Waals surface area contributed by atoms with Crippen LogP contribution in [-0.4, -0.2) is 24.0 Å². The molecule has 3 rings (SSSR count). The third-order valence-corrected chi connectivity index (χ3v) is 4.69. The van der Waals surface area contributed by atoms with Crippen LogP contribution in [0.3, 0.4) is 0 Å². The number of nitrogens with one attached hydrogen (secondary N) is 2. The van der Waals surface area contributed by atoms with Crippen LogP contribution in [0.15, 0.2) is 71.8 Å². The van der Waals surface area contributed by atoms with Crippen molar-refractivity contribution in [1.29, 1.82) is 0 Å². The van der Waals surface area contributed by atoms with Gasteiger partial charge >= 0.3 is 17.8 Å². The molecule has 162 valence electrons. The van der Waals surface area contributed by atoms with Gasteiger partial charge in [-0.25, -0.2) is 10.2 Å². The fourth-order valence-electron chi connectivity index (χ4n) is 2.80. The molecule has 0 unspecified atom stereocenters. The molecule has 0 heterocycles. The molecule has 7 nitrogen and oxygen atoms in total. The largest absolute Gasteiger partial charge is 0.423 e. The summed E-state index contributed by atoms with van der Waals surface area (Å²) in [5.74, 6) is -1.90. The Morgan fingerprint density at radius 2 is 1.56 bits per heavy atom. The van der Waals surface area contributed by atoms with Gasteiger partial charge in [-0.05, 0) is 73.0 Å². The minimum Gasteiger partial charge on any atom is -0.423 e. The lowest BCUT2D eigenvalue weighted by Crippen LogP contribution is -2.32. The van der Waals surface area contributed by atoms with Gasteiger partial charge in [0, 0.05) is 10.7 Å². The molecule has 0 saturated carbocycles. The van der Waals surface area contributed by atoms with E-state index < -0.39 is 17.8 Å². The molecule has 0 fully saturated rings. The average molecular weight is 450 g/mol. The Bertz CT molecular complexity index is 1170. The topological polar surface area (TPSA) is 96.9 Å². The standard InChI is InChI=1S/C24H20ClN3O4/c1-15-5-3-6-16(2)21(15)27-22(29)23(30)28-26-14-17-9-11-20(12-10-17)32-24(31)18-7-4-8-19(25)13-18/h3-14H,1-2H3,(H,27,29)(H,28,30). The molecule has 0 bridgehead atoms. The zero-order valence-corrected chi connectivity index (χ0v) is 18.1. The van der Waals surface area contributed by atoms with Crippen LogP contribution in [0.4, 0.5) is 5.69 Å². The summed E-state index contributed by atoms with van der Waals surface area (Å²) < 4.78 is 5.30. The molecule has 0 aliphatic carbocycles. The van der Waals surface area contributed by atoms with E-state index in [0.717, 1.165) is 11.1 Å². The number of halogens is 1. The maximum atomic E-state index is 12.1.